The number of nitrogens with zero attached hydrogens (tertiary/aromatic N) is 2. The summed E-state index contributed by atoms with van der Waals surface area (Å²) in [5, 5.41) is 8.22. The van der Waals surface area contributed by atoms with Crippen LogP contribution < -0.4 is 5.32 Å². The Bertz CT molecular complexity index is 2870. The van der Waals surface area contributed by atoms with Gasteiger partial charge in [-0.3, -0.25) is 0 Å². The first-order chi connectivity index (χ1) is 26.2. The van der Waals surface area contributed by atoms with Gasteiger partial charge in [0.1, 0.15) is 23.2 Å². The Labute approximate surface area is 307 Å². The number of hydrogen-bond acceptors (Lipinski definition) is 4. The number of fused-ring (bicyclic) bond motifs is 4. The summed E-state index contributed by atoms with van der Waals surface area (Å²) in [6, 6.07) is 66.0. The lowest BCUT2D eigenvalue weighted by atomic mass is 9.95. The summed E-state index contributed by atoms with van der Waals surface area (Å²) < 4.78 is 6.28. The lowest BCUT2D eigenvalue weighted by Crippen LogP contribution is -2.33. The molecule has 0 saturated carbocycles. The topological polar surface area (TPSA) is 49.9 Å². The van der Waals surface area contributed by atoms with Gasteiger partial charge in [0, 0.05) is 21.9 Å². The van der Waals surface area contributed by atoms with Crippen molar-refractivity contribution < 1.29 is 4.42 Å². The summed E-state index contributed by atoms with van der Waals surface area (Å²) in [5.74, 6) is 1.52. The van der Waals surface area contributed by atoms with Crippen LogP contribution in [0.5, 0.6) is 0 Å². The lowest BCUT2D eigenvalue weighted by Gasteiger charge is -2.23. The fraction of sp³-hybridized carbons (Fsp3) is 0.0204. The van der Waals surface area contributed by atoms with Crippen LogP contribution in [0.15, 0.2) is 202 Å². The van der Waals surface area contributed by atoms with Crippen LogP contribution in [0.1, 0.15) is 22.9 Å². The average Bonchev–Trinajstić information content (AvgIpc) is 3.60. The maximum Gasteiger partial charge on any atom is 0.159 e. The van der Waals surface area contributed by atoms with Crippen LogP contribution in [0.2, 0.25) is 0 Å². The molecule has 53 heavy (non-hydrogen) atoms. The van der Waals surface area contributed by atoms with Crippen molar-refractivity contribution in [2.24, 2.45) is 9.98 Å². The van der Waals surface area contributed by atoms with Crippen LogP contribution in [0.25, 0.3) is 66.1 Å². The van der Waals surface area contributed by atoms with Gasteiger partial charge in [-0.25, -0.2) is 9.98 Å². The molecule has 1 aliphatic heterocycles. The molecule has 2 heterocycles. The third kappa shape index (κ3) is 5.86. The van der Waals surface area contributed by atoms with Gasteiger partial charge in [-0.05, 0) is 92.2 Å². The van der Waals surface area contributed by atoms with Gasteiger partial charge < -0.3 is 9.73 Å². The normalized spacial score (nSPS) is 14.2. The summed E-state index contributed by atoms with van der Waals surface area (Å²) in [4.78, 5) is 10.1. The molecule has 250 valence electrons. The average molecular weight is 680 g/mol. The molecule has 10 rings (SSSR count). The van der Waals surface area contributed by atoms with E-state index in [1.807, 2.05) is 36.4 Å². The van der Waals surface area contributed by atoms with Crippen molar-refractivity contribution in [2.45, 2.75) is 6.17 Å². The van der Waals surface area contributed by atoms with Gasteiger partial charge in [0.15, 0.2) is 5.84 Å². The van der Waals surface area contributed by atoms with Gasteiger partial charge in [-0.2, -0.15) is 0 Å². The molecule has 0 radical (unpaired) electrons. The van der Waals surface area contributed by atoms with Crippen LogP contribution in [0.3, 0.4) is 0 Å². The van der Waals surface area contributed by atoms with Crippen molar-refractivity contribution >= 4 is 44.4 Å². The number of amidine groups is 2. The first kappa shape index (κ1) is 30.8. The van der Waals surface area contributed by atoms with Gasteiger partial charge >= 0.3 is 0 Å². The van der Waals surface area contributed by atoms with Crippen molar-refractivity contribution in [3.05, 3.63) is 205 Å². The SMILES string of the molecule is c1ccc(C2=NC(c3cccc(-c4cccc(-c5cccc(-c6ccc7oc8cc9ccccc9cc8c7c6)c5)c4)c3)=NC(c3ccccc3)N2)cc1. The molecule has 1 aromatic heterocycles. The van der Waals surface area contributed by atoms with Gasteiger partial charge in [0.05, 0.1) is 0 Å². The predicted octanol–water partition coefficient (Wildman–Crippen LogP) is 12.2. The highest BCUT2D eigenvalue weighted by molar-refractivity contribution is 6.13. The summed E-state index contributed by atoms with van der Waals surface area (Å²) in [7, 11) is 0. The van der Waals surface area contributed by atoms with E-state index >= 15 is 0 Å². The minimum Gasteiger partial charge on any atom is -0.456 e. The van der Waals surface area contributed by atoms with Crippen molar-refractivity contribution in [2.75, 3.05) is 0 Å². The second-order valence-corrected chi connectivity index (χ2v) is 13.5. The summed E-state index contributed by atoms with van der Waals surface area (Å²) in [5.41, 5.74) is 11.8. The highest BCUT2D eigenvalue weighted by atomic mass is 16.3. The molecule has 0 amide bonds. The van der Waals surface area contributed by atoms with Gasteiger partial charge in [0.25, 0.3) is 0 Å². The van der Waals surface area contributed by atoms with Crippen molar-refractivity contribution in [3.8, 4) is 33.4 Å². The van der Waals surface area contributed by atoms with Gasteiger partial charge in [-0.15, -0.1) is 0 Å². The fourth-order valence-corrected chi connectivity index (χ4v) is 7.36. The Hall–Kier alpha value is -7.04. The second-order valence-electron chi connectivity index (χ2n) is 13.5. The molecule has 4 nitrogen and oxygen atoms in total. The smallest absolute Gasteiger partial charge is 0.159 e. The molecule has 1 aliphatic rings. The van der Waals surface area contributed by atoms with Crippen LogP contribution in [0.4, 0.5) is 0 Å². The quantitative estimate of drug-likeness (QED) is 0.190. The maximum absolute atomic E-state index is 6.28. The number of furan rings is 1. The summed E-state index contributed by atoms with van der Waals surface area (Å²) in [6.07, 6.45) is -0.244. The summed E-state index contributed by atoms with van der Waals surface area (Å²) in [6.45, 7) is 0. The van der Waals surface area contributed by atoms with Gasteiger partial charge in [0.2, 0.25) is 0 Å². The molecule has 9 aromatic rings. The minimum absolute atomic E-state index is 0.244. The zero-order valence-corrected chi connectivity index (χ0v) is 28.8. The Balaban J connectivity index is 0.986. The fourth-order valence-electron chi connectivity index (χ4n) is 7.36. The Morgan fingerprint density at radius 3 is 1.57 bits per heavy atom. The first-order valence-electron chi connectivity index (χ1n) is 17.9. The van der Waals surface area contributed by atoms with E-state index in [1.54, 1.807) is 0 Å². The van der Waals surface area contributed by atoms with Crippen molar-refractivity contribution in [1.82, 2.24) is 5.32 Å². The van der Waals surface area contributed by atoms with E-state index in [0.29, 0.717) is 5.84 Å². The lowest BCUT2D eigenvalue weighted by molar-refractivity contribution is 0.669. The number of aliphatic imine (C=N–C) groups is 2. The molecular formula is C49H33N3O. The van der Waals surface area contributed by atoms with Crippen molar-refractivity contribution in [3.63, 3.8) is 0 Å². The monoisotopic (exact) mass is 679 g/mol. The molecule has 1 unspecified atom stereocenters. The minimum atomic E-state index is -0.244. The molecule has 0 fully saturated rings. The number of benzene rings is 8. The zero-order chi connectivity index (χ0) is 35.1. The third-order valence-corrected chi connectivity index (χ3v) is 10.1. The van der Waals surface area contributed by atoms with Crippen LogP contribution in [0, 0.1) is 0 Å². The third-order valence-electron chi connectivity index (χ3n) is 10.1. The molecule has 0 saturated heterocycles. The first-order valence-corrected chi connectivity index (χ1v) is 17.9. The van der Waals surface area contributed by atoms with E-state index in [2.05, 4.69) is 157 Å². The molecular weight excluding hydrogens is 647 g/mol. The molecule has 1 N–H and O–H groups in total. The standard InChI is InChI=1S/C49H33N3O/c1-3-12-32(13-4-1)47-50-48(33-14-5-2-6-15-33)52-49(51-47)42-23-11-22-38(28-42)36-20-9-18-34(26-36)35-19-10-21-37(27-35)41-24-25-45-43(30-41)44-29-39-16-7-8-17-40(39)31-46(44)53-45/h1-31,47H,(H,50,51,52). The zero-order valence-electron chi connectivity index (χ0n) is 28.8. The molecule has 8 aromatic carbocycles. The van der Waals surface area contributed by atoms with Gasteiger partial charge in [-0.1, -0.05) is 146 Å². The van der Waals surface area contributed by atoms with E-state index in [4.69, 9.17) is 14.4 Å². The van der Waals surface area contributed by atoms with E-state index in [0.717, 1.165) is 77.8 Å². The number of hydrogen-bond donors (Lipinski definition) is 1. The predicted molar refractivity (Wildman–Crippen MR) is 219 cm³/mol. The maximum atomic E-state index is 6.28. The molecule has 0 bridgehead atoms. The number of nitrogens with one attached hydrogen (secondary N) is 1. The Morgan fingerprint density at radius 2 is 0.906 bits per heavy atom. The van der Waals surface area contributed by atoms with E-state index in [-0.39, 0.29) is 6.17 Å². The van der Waals surface area contributed by atoms with E-state index in [1.165, 1.54) is 10.8 Å². The Morgan fingerprint density at radius 1 is 0.396 bits per heavy atom. The molecule has 4 heteroatoms. The number of rotatable bonds is 6. The second kappa shape index (κ2) is 12.9. The van der Waals surface area contributed by atoms with E-state index < -0.39 is 0 Å². The van der Waals surface area contributed by atoms with Crippen LogP contribution in [-0.2, 0) is 0 Å². The van der Waals surface area contributed by atoms with Crippen molar-refractivity contribution in [1.29, 1.82) is 0 Å². The molecule has 0 aliphatic carbocycles. The summed E-state index contributed by atoms with van der Waals surface area (Å²) >= 11 is 0. The molecule has 1 atom stereocenters. The largest absolute Gasteiger partial charge is 0.456 e. The highest BCUT2D eigenvalue weighted by Gasteiger charge is 2.21. The Kier molecular flexibility index (Phi) is 7.51. The highest BCUT2D eigenvalue weighted by Crippen LogP contribution is 2.36. The molecule has 0 spiro atoms. The van der Waals surface area contributed by atoms with E-state index in [9.17, 15) is 0 Å². The van der Waals surface area contributed by atoms with Crippen LogP contribution in [-0.4, -0.2) is 11.7 Å². The van der Waals surface area contributed by atoms with Crippen LogP contribution >= 0.6 is 0 Å².